The van der Waals surface area contributed by atoms with E-state index >= 15 is 0 Å². The van der Waals surface area contributed by atoms with Gasteiger partial charge in [0, 0.05) is 18.0 Å². The van der Waals surface area contributed by atoms with Gasteiger partial charge in [-0.3, -0.25) is 4.79 Å². The van der Waals surface area contributed by atoms with Gasteiger partial charge in [-0.1, -0.05) is 24.3 Å². The van der Waals surface area contributed by atoms with E-state index in [0.29, 0.717) is 5.56 Å². The molecule has 1 N–H and O–H groups in total. The van der Waals surface area contributed by atoms with Crippen LogP contribution in [0.3, 0.4) is 0 Å². The monoisotopic (exact) mass is 219 g/mol. The van der Waals surface area contributed by atoms with Gasteiger partial charge in [-0.2, -0.15) is 0 Å². The van der Waals surface area contributed by atoms with E-state index in [1.807, 2.05) is 18.2 Å². The number of aliphatic hydroxyl groups is 1. The lowest BCUT2D eigenvalue weighted by molar-refractivity contribution is 0.105. The van der Waals surface area contributed by atoms with Gasteiger partial charge in [0.25, 0.3) is 0 Å². The van der Waals surface area contributed by atoms with Crippen LogP contribution in [0.25, 0.3) is 0 Å². The van der Waals surface area contributed by atoms with Crippen LogP contribution in [-0.4, -0.2) is 36.4 Å². The highest BCUT2D eigenvalue weighted by atomic mass is 16.3. The molecule has 1 heterocycles. The molecule has 1 saturated heterocycles. The Kier molecular flexibility index (Phi) is 3.36. The van der Waals surface area contributed by atoms with Gasteiger partial charge in [0.05, 0.1) is 6.10 Å². The number of nitrogens with zero attached hydrogens (tertiary/aromatic N) is 1. The minimum atomic E-state index is -0.522. The molecule has 0 amide bonds. The zero-order valence-corrected chi connectivity index (χ0v) is 9.47. The van der Waals surface area contributed by atoms with Crippen molar-refractivity contribution in [2.45, 2.75) is 12.5 Å². The SMILES string of the molecule is CN1CCC(C(O)c2ccccc2C=O)C1. The Hall–Kier alpha value is -1.19. The van der Waals surface area contributed by atoms with Crippen LogP contribution in [0.5, 0.6) is 0 Å². The normalized spacial score (nSPS) is 23.2. The molecule has 1 aliphatic rings. The van der Waals surface area contributed by atoms with Crippen LogP contribution in [0.4, 0.5) is 0 Å². The number of benzene rings is 1. The molecule has 1 aromatic rings. The van der Waals surface area contributed by atoms with Gasteiger partial charge in [-0.25, -0.2) is 0 Å². The first-order valence-corrected chi connectivity index (χ1v) is 5.63. The molecular weight excluding hydrogens is 202 g/mol. The lowest BCUT2D eigenvalue weighted by Crippen LogP contribution is -2.19. The first-order valence-electron chi connectivity index (χ1n) is 5.63. The summed E-state index contributed by atoms with van der Waals surface area (Å²) < 4.78 is 0. The quantitative estimate of drug-likeness (QED) is 0.783. The highest BCUT2D eigenvalue weighted by Crippen LogP contribution is 2.30. The van der Waals surface area contributed by atoms with Crippen molar-refractivity contribution in [3.63, 3.8) is 0 Å². The van der Waals surface area contributed by atoms with E-state index in [0.717, 1.165) is 31.4 Å². The second-order valence-electron chi connectivity index (χ2n) is 4.50. The molecule has 16 heavy (non-hydrogen) atoms. The van der Waals surface area contributed by atoms with Crippen LogP contribution in [-0.2, 0) is 0 Å². The summed E-state index contributed by atoms with van der Waals surface area (Å²) in [6.07, 6.45) is 1.29. The van der Waals surface area contributed by atoms with E-state index in [9.17, 15) is 9.90 Å². The topological polar surface area (TPSA) is 40.5 Å². The summed E-state index contributed by atoms with van der Waals surface area (Å²) >= 11 is 0. The van der Waals surface area contributed by atoms with E-state index < -0.39 is 6.10 Å². The Morgan fingerprint density at radius 1 is 1.50 bits per heavy atom. The molecule has 2 atom stereocenters. The van der Waals surface area contributed by atoms with Crippen LogP contribution in [0.15, 0.2) is 24.3 Å². The van der Waals surface area contributed by atoms with Crippen molar-refractivity contribution in [1.29, 1.82) is 0 Å². The van der Waals surface area contributed by atoms with E-state index in [4.69, 9.17) is 0 Å². The fourth-order valence-electron chi connectivity index (χ4n) is 2.37. The fourth-order valence-corrected chi connectivity index (χ4v) is 2.37. The van der Waals surface area contributed by atoms with Gasteiger partial charge in [-0.15, -0.1) is 0 Å². The fraction of sp³-hybridized carbons (Fsp3) is 0.462. The molecule has 0 aromatic heterocycles. The molecule has 0 aliphatic carbocycles. The van der Waals surface area contributed by atoms with Crippen molar-refractivity contribution in [1.82, 2.24) is 4.90 Å². The van der Waals surface area contributed by atoms with Crippen molar-refractivity contribution < 1.29 is 9.90 Å². The Morgan fingerprint density at radius 3 is 2.88 bits per heavy atom. The Morgan fingerprint density at radius 2 is 2.25 bits per heavy atom. The number of aldehydes is 1. The van der Waals surface area contributed by atoms with Gasteiger partial charge in [0.1, 0.15) is 6.29 Å². The van der Waals surface area contributed by atoms with Gasteiger partial charge in [-0.05, 0) is 25.6 Å². The Labute approximate surface area is 95.7 Å². The van der Waals surface area contributed by atoms with Crippen molar-refractivity contribution in [2.75, 3.05) is 20.1 Å². The zero-order chi connectivity index (χ0) is 11.5. The predicted octanol–water partition coefficient (Wildman–Crippen LogP) is 1.48. The molecule has 0 radical (unpaired) electrons. The number of hydrogen-bond acceptors (Lipinski definition) is 3. The van der Waals surface area contributed by atoms with Crippen LogP contribution < -0.4 is 0 Å². The molecule has 0 spiro atoms. The number of rotatable bonds is 3. The minimum Gasteiger partial charge on any atom is -0.388 e. The van der Waals surface area contributed by atoms with Crippen LogP contribution >= 0.6 is 0 Å². The zero-order valence-electron chi connectivity index (χ0n) is 9.47. The van der Waals surface area contributed by atoms with Crippen molar-refractivity contribution >= 4 is 6.29 Å². The molecule has 0 saturated carbocycles. The summed E-state index contributed by atoms with van der Waals surface area (Å²) in [4.78, 5) is 13.1. The summed E-state index contributed by atoms with van der Waals surface area (Å²) in [5.74, 6) is 0.242. The van der Waals surface area contributed by atoms with Gasteiger partial charge in [0.15, 0.2) is 0 Å². The second kappa shape index (κ2) is 4.76. The average molecular weight is 219 g/mol. The molecule has 1 fully saturated rings. The second-order valence-corrected chi connectivity index (χ2v) is 4.50. The van der Waals surface area contributed by atoms with Gasteiger partial charge < -0.3 is 10.0 Å². The molecule has 0 bridgehead atoms. The lowest BCUT2D eigenvalue weighted by Gasteiger charge is -2.19. The maximum absolute atomic E-state index is 10.9. The number of carbonyl (C=O) groups is 1. The van der Waals surface area contributed by atoms with Crippen LogP contribution in [0.2, 0.25) is 0 Å². The van der Waals surface area contributed by atoms with Crippen LogP contribution in [0, 0.1) is 5.92 Å². The third kappa shape index (κ3) is 2.15. The molecule has 3 nitrogen and oxygen atoms in total. The highest BCUT2D eigenvalue weighted by molar-refractivity contribution is 5.77. The third-order valence-corrected chi connectivity index (χ3v) is 3.32. The third-order valence-electron chi connectivity index (χ3n) is 3.32. The number of hydrogen-bond donors (Lipinski definition) is 1. The van der Waals surface area contributed by atoms with E-state index in [2.05, 4.69) is 11.9 Å². The maximum Gasteiger partial charge on any atom is 0.150 e. The standard InChI is InChI=1S/C13H17NO2/c1-14-7-6-10(8-14)13(16)12-5-3-2-4-11(12)9-15/h2-5,9-10,13,16H,6-8H2,1H3. The molecule has 2 rings (SSSR count). The number of likely N-dealkylation sites (tertiary alicyclic amines) is 1. The average Bonchev–Trinajstić information content (AvgIpc) is 2.75. The number of carbonyl (C=O) groups excluding carboxylic acids is 1. The Bertz CT molecular complexity index is 378. The predicted molar refractivity (Wildman–Crippen MR) is 62.4 cm³/mol. The minimum absolute atomic E-state index is 0.242. The first kappa shape index (κ1) is 11.3. The van der Waals surface area contributed by atoms with Crippen molar-refractivity contribution in [3.05, 3.63) is 35.4 Å². The lowest BCUT2D eigenvalue weighted by atomic mass is 9.92. The molecule has 86 valence electrons. The van der Waals surface area contributed by atoms with Crippen molar-refractivity contribution in [2.24, 2.45) is 5.92 Å². The molecule has 1 aliphatic heterocycles. The molecule has 3 heteroatoms. The van der Waals surface area contributed by atoms with Crippen molar-refractivity contribution in [3.8, 4) is 0 Å². The van der Waals surface area contributed by atoms with Gasteiger partial charge >= 0.3 is 0 Å². The summed E-state index contributed by atoms with van der Waals surface area (Å²) in [7, 11) is 2.05. The summed E-state index contributed by atoms with van der Waals surface area (Å²) in [5, 5.41) is 10.3. The summed E-state index contributed by atoms with van der Waals surface area (Å²) in [6, 6.07) is 7.28. The summed E-state index contributed by atoms with van der Waals surface area (Å²) in [5.41, 5.74) is 1.36. The molecular formula is C13H17NO2. The largest absolute Gasteiger partial charge is 0.388 e. The highest BCUT2D eigenvalue weighted by Gasteiger charge is 2.28. The van der Waals surface area contributed by atoms with Crippen LogP contribution in [0.1, 0.15) is 28.4 Å². The molecule has 2 unspecified atom stereocenters. The first-order chi connectivity index (χ1) is 7.72. The van der Waals surface area contributed by atoms with E-state index in [1.165, 1.54) is 0 Å². The maximum atomic E-state index is 10.9. The smallest absolute Gasteiger partial charge is 0.150 e. The van der Waals surface area contributed by atoms with E-state index in [-0.39, 0.29) is 5.92 Å². The number of aliphatic hydroxyl groups excluding tert-OH is 1. The molecule has 1 aromatic carbocycles. The summed E-state index contributed by atoms with van der Waals surface area (Å²) in [6.45, 7) is 1.92. The van der Waals surface area contributed by atoms with E-state index in [1.54, 1.807) is 6.07 Å². The Balaban J connectivity index is 2.20. The van der Waals surface area contributed by atoms with Gasteiger partial charge in [0.2, 0.25) is 0 Å².